The van der Waals surface area contributed by atoms with E-state index in [1.165, 1.54) is 4.31 Å². The van der Waals surface area contributed by atoms with Gasteiger partial charge in [0.05, 0.1) is 11.0 Å². The smallest absolute Gasteiger partial charge is 0.243 e. The van der Waals surface area contributed by atoms with Crippen LogP contribution in [-0.2, 0) is 10.0 Å². The lowest BCUT2D eigenvalue weighted by atomic mass is 9.94. The van der Waals surface area contributed by atoms with E-state index in [9.17, 15) is 13.5 Å². The van der Waals surface area contributed by atoms with Gasteiger partial charge < -0.3 is 5.11 Å². The van der Waals surface area contributed by atoms with E-state index in [-0.39, 0.29) is 12.0 Å². The molecule has 106 valence electrons. The Kier molecular flexibility index (Phi) is 4.28. The van der Waals surface area contributed by atoms with Gasteiger partial charge in [0.1, 0.15) is 0 Å². The minimum absolute atomic E-state index is 0.0355. The molecule has 2 atom stereocenters. The second-order valence-corrected chi connectivity index (χ2v) is 7.14. The van der Waals surface area contributed by atoms with Crippen LogP contribution in [0.4, 0.5) is 0 Å². The molecule has 0 saturated carbocycles. The second-order valence-electron chi connectivity index (χ2n) is 5.20. The molecule has 0 aliphatic carbocycles. The lowest BCUT2D eigenvalue weighted by Gasteiger charge is -2.34. The van der Waals surface area contributed by atoms with Crippen LogP contribution in [0.25, 0.3) is 0 Å². The summed E-state index contributed by atoms with van der Waals surface area (Å²) in [6.45, 7) is 4.67. The van der Waals surface area contributed by atoms with Crippen molar-refractivity contribution in [3.8, 4) is 0 Å². The lowest BCUT2D eigenvalue weighted by Crippen LogP contribution is -2.45. The first kappa shape index (κ1) is 14.5. The van der Waals surface area contributed by atoms with Gasteiger partial charge in [0, 0.05) is 13.1 Å². The third-order valence-corrected chi connectivity index (χ3v) is 5.67. The van der Waals surface area contributed by atoms with Crippen molar-refractivity contribution in [1.29, 1.82) is 0 Å². The molecule has 1 N–H and O–H groups in total. The number of nitrogens with zero attached hydrogens (tertiary/aromatic N) is 1. The number of aliphatic hydroxyl groups is 1. The van der Waals surface area contributed by atoms with E-state index >= 15 is 0 Å². The third-order valence-electron chi connectivity index (χ3n) is 3.81. The van der Waals surface area contributed by atoms with Crippen molar-refractivity contribution in [3.63, 3.8) is 0 Å². The number of sulfonamides is 1. The van der Waals surface area contributed by atoms with Crippen LogP contribution in [-0.4, -0.2) is 37.0 Å². The zero-order valence-electron chi connectivity index (χ0n) is 11.4. The number of piperidine rings is 1. The Morgan fingerprint density at radius 1 is 1.42 bits per heavy atom. The molecule has 0 bridgehead atoms. The average molecular weight is 283 g/mol. The maximum atomic E-state index is 12.6. The number of aliphatic hydroxyl groups excluding tert-OH is 1. The number of hydrogen-bond acceptors (Lipinski definition) is 3. The van der Waals surface area contributed by atoms with Gasteiger partial charge >= 0.3 is 0 Å². The molecule has 19 heavy (non-hydrogen) atoms. The van der Waals surface area contributed by atoms with Gasteiger partial charge in [-0.25, -0.2) is 8.42 Å². The molecule has 0 aromatic heterocycles. The number of rotatable bonds is 3. The van der Waals surface area contributed by atoms with Gasteiger partial charge in [-0.2, -0.15) is 4.31 Å². The molecule has 1 fully saturated rings. The fourth-order valence-electron chi connectivity index (χ4n) is 2.53. The Labute approximate surface area is 115 Å². The molecule has 0 spiro atoms. The maximum Gasteiger partial charge on any atom is 0.243 e. The predicted molar refractivity (Wildman–Crippen MR) is 74.3 cm³/mol. The van der Waals surface area contributed by atoms with Crippen LogP contribution in [0.1, 0.15) is 25.3 Å². The molecule has 1 saturated heterocycles. The summed E-state index contributed by atoms with van der Waals surface area (Å²) in [6.07, 6.45) is 0.929. The van der Waals surface area contributed by atoms with E-state index < -0.39 is 10.0 Å². The molecule has 0 amide bonds. The molecular weight excluding hydrogens is 262 g/mol. The maximum absolute atomic E-state index is 12.6. The van der Waals surface area contributed by atoms with Crippen LogP contribution >= 0.6 is 0 Å². The topological polar surface area (TPSA) is 57.6 Å². The molecule has 1 heterocycles. The molecule has 2 unspecified atom stereocenters. The summed E-state index contributed by atoms with van der Waals surface area (Å²) in [7, 11) is -3.43. The van der Waals surface area contributed by atoms with Crippen molar-refractivity contribution in [2.24, 2.45) is 5.92 Å². The molecule has 1 aromatic rings. The zero-order chi connectivity index (χ0) is 14.0. The minimum Gasteiger partial charge on any atom is -0.393 e. The van der Waals surface area contributed by atoms with Crippen molar-refractivity contribution in [3.05, 3.63) is 29.8 Å². The standard InChI is InChI=1S/C14H21NO3S/c1-3-12-10-15(8-7-14(12)16)19(17,18)13-6-4-5-11(2)9-13/h4-6,9,12,14,16H,3,7-8,10H2,1-2H3. The highest BCUT2D eigenvalue weighted by Crippen LogP contribution is 2.26. The van der Waals surface area contributed by atoms with Gasteiger partial charge in [-0.1, -0.05) is 19.1 Å². The first-order valence-corrected chi connectivity index (χ1v) is 8.14. The first-order valence-electron chi connectivity index (χ1n) is 6.70. The molecule has 0 radical (unpaired) electrons. The van der Waals surface area contributed by atoms with Crippen LogP contribution in [0, 0.1) is 12.8 Å². The molecule has 1 aliphatic heterocycles. The summed E-state index contributed by atoms with van der Waals surface area (Å²) < 4.78 is 26.6. The van der Waals surface area contributed by atoms with Gasteiger partial charge in [-0.05, 0) is 43.4 Å². The highest BCUT2D eigenvalue weighted by molar-refractivity contribution is 7.89. The summed E-state index contributed by atoms with van der Waals surface area (Å²) in [6, 6.07) is 6.97. The summed E-state index contributed by atoms with van der Waals surface area (Å²) in [5.41, 5.74) is 0.935. The van der Waals surface area contributed by atoms with Crippen LogP contribution < -0.4 is 0 Å². The Hall–Kier alpha value is -0.910. The fraction of sp³-hybridized carbons (Fsp3) is 0.571. The van der Waals surface area contributed by atoms with Crippen LogP contribution in [0.5, 0.6) is 0 Å². The SMILES string of the molecule is CCC1CN(S(=O)(=O)c2cccc(C)c2)CCC1O. The van der Waals surface area contributed by atoms with Crippen LogP contribution in [0.3, 0.4) is 0 Å². The predicted octanol–water partition coefficient (Wildman–Crippen LogP) is 1.78. The van der Waals surface area contributed by atoms with Crippen molar-refractivity contribution >= 4 is 10.0 Å². The third kappa shape index (κ3) is 2.99. The van der Waals surface area contributed by atoms with Crippen molar-refractivity contribution in [2.45, 2.75) is 37.7 Å². The van der Waals surface area contributed by atoms with E-state index in [1.807, 2.05) is 19.9 Å². The monoisotopic (exact) mass is 283 g/mol. The fourth-order valence-corrected chi connectivity index (χ4v) is 4.15. The molecule has 1 aliphatic rings. The quantitative estimate of drug-likeness (QED) is 0.920. The van der Waals surface area contributed by atoms with Gasteiger partial charge in [0.25, 0.3) is 0 Å². The van der Waals surface area contributed by atoms with Crippen molar-refractivity contribution in [2.75, 3.05) is 13.1 Å². The van der Waals surface area contributed by atoms with E-state index in [0.717, 1.165) is 12.0 Å². The summed E-state index contributed by atoms with van der Waals surface area (Å²) in [5.74, 6) is 0.0355. The molecule has 1 aromatic carbocycles. The number of hydrogen-bond donors (Lipinski definition) is 1. The Bertz CT molecular complexity index is 541. The van der Waals surface area contributed by atoms with Crippen LogP contribution in [0.15, 0.2) is 29.2 Å². The molecule has 2 rings (SSSR count). The summed E-state index contributed by atoms with van der Waals surface area (Å²) in [5, 5.41) is 9.85. The second kappa shape index (κ2) is 5.61. The first-order chi connectivity index (χ1) is 8.95. The van der Waals surface area contributed by atoms with Gasteiger partial charge in [0.15, 0.2) is 0 Å². The molecule has 4 nitrogen and oxygen atoms in total. The van der Waals surface area contributed by atoms with E-state index in [2.05, 4.69) is 0 Å². The minimum atomic E-state index is -3.43. The van der Waals surface area contributed by atoms with E-state index in [0.29, 0.717) is 24.4 Å². The zero-order valence-corrected chi connectivity index (χ0v) is 12.2. The summed E-state index contributed by atoms with van der Waals surface area (Å²) in [4.78, 5) is 0.346. The lowest BCUT2D eigenvalue weighted by molar-refractivity contribution is 0.0521. The largest absolute Gasteiger partial charge is 0.393 e. The Morgan fingerprint density at radius 2 is 2.16 bits per heavy atom. The Morgan fingerprint density at radius 3 is 2.79 bits per heavy atom. The van der Waals surface area contributed by atoms with Crippen LogP contribution in [0.2, 0.25) is 0 Å². The molecule has 5 heteroatoms. The summed E-state index contributed by atoms with van der Waals surface area (Å²) >= 11 is 0. The normalized spacial score (nSPS) is 25.4. The van der Waals surface area contributed by atoms with Gasteiger partial charge in [-0.15, -0.1) is 0 Å². The number of aryl methyl sites for hydroxylation is 1. The van der Waals surface area contributed by atoms with E-state index in [1.54, 1.807) is 18.2 Å². The van der Waals surface area contributed by atoms with Gasteiger partial charge in [0.2, 0.25) is 10.0 Å². The highest BCUT2D eigenvalue weighted by Gasteiger charge is 2.33. The van der Waals surface area contributed by atoms with Crippen molar-refractivity contribution in [1.82, 2.24) is 4.31 Å². The van der Waals surface area contributed by atoms with E-state index in [4.69, 9.17) is 0 Å². The Balaban J connectivity index is 2.25. The van der Waals surface area contributed by atoms with Gasteiger partial charge in [-0.3, -0.25) is 0 Å². The molecular formula is C14H21NO3S. The highest BCUT2D eigenvalue weighted by atomic mass is 32.2. The van der Waals surface area contributed by atoms with Crippen molar-refractivity contribution < 1.29 is 13.5 Å². The average Bonchev–Trinajstić information content (AvgIpc) is 2.39. The number of benzene rings is 1.